The molecule has 15 heavy (non-hydrogen) atoms. The molecule has 3 heteroatoms. The maximum Gasteiger partial charge on any atom is 0.253 e. The second kappa shape index (κ2) is 4.45. The first-order chi connectivity index (χ1) is 7.27. The van der Waals surface area contributed by atoms with E-state index in [-0.39, 0.29) is 5.91 Å². The Labute approximate surface area is 90.1 Å². The second-order valence-corrected chi connectivity index (χ2v) is 3.99. The Balaban J connectivity index is 1.95. The predicted octanol–water partition coefficient (Wildman–Crippen LogP) is 1.12. The van der Waals surface area contributed by atoms with Gasteiger partial charge in [-0.25, -0.2) is 0 Å². The van der Waals surface area contributed by atoms with Crippen molar-refractivity contribution in [2.24, 2.45) is 0 Å². The first kappa shape index (κ1) is 10.2. The van der Waals surface area contributed by atoms with Gasteiger partial charge < -0.3 is 10.2 Å². The summed E-state index contributed by atoms with van der Waals surface area (Å²) in [5.41, 5.74) is 0.763. The number of nitrogens with zero attached hydrogens (tertiary/aromatic N) is 1. The van der Waals surface area contributed by atoms with E-state index in [1.165, 1.54) is 6.42 Å². The van der Waals surface area contributed by atoms with Crippen LogP contribution in [0.15, 0.2) is 30.3 Å². The Morgan fingerprint density at radius 3 is 2.67 bits per heavy atom. The molecule has 0 spiro atoms. The maximum atomic E-state index is 11.9. The molecule has 0 bridgehead atoms. The van der Waals surface area contributed by atoms with Crippen molar-refractivity contribution in [1.29, 1.82) is 0 Å². The summed E-state index contributed by atoms with van der Waals surface area (Å²) in [4.78, 5) is 13.7. The number of carbonyl (C=O) groups is 1. The molecular formula is C12H16N2O. The molecule has 1 amide bonds. The minimum Gasteiger partial charge on any atom is -0.340 e. The molecule has 1 atom stereocenters. The molecule has 1 aromatic rings. The molecule has 0 aliphatic carbocycles. The van der Waals surface area contributed by atoms with Crippen LogP contribution in [0, 0.1) is 0 Å². The van der Waals surface area contributed by atoms with Gasteiger partial charge in [-0.15, -0.1) is 0 Å². The highest BCUT2D eigenvalue weighted by Crippen LogP contribution is 2.07. The van der Waals surface area contributed by atoms with E-state index in [0.717, 1.165) is 18.7 Å². The summed E-state index contributed by atoms with van der Waals surface area (Å²) < 4.78 is 0. The Bertz CT molecular complexity index is 333. The lowest BCUT2D eigenvalue weighted by molar-refractivity contribution is 0.0766. The van der Waals surface area contributed by atoms with Gasteiger partial charge in [-0.05, 0) is 25.1 Å². The van der Waals surface area contributed by atoms with Gasteiger partial charge in [0, 0.05) is 25.2 Å². The lowest BCUT2D eigenvalue weighted by Gasteiger charge is -2.31. The van der Waals surface area contributed by atoms with Gasteiger partial charge in [0.1, 0.15) is 0 Å². The number of benzene rings is 1. The van der Waals surface area contributed by atoms with Gasteiger partial charge in [0.05, 0.1) is 0 Å². The molecule has 2 rings (SSSR count). The fourth-order valence-electron chi connectivity index (χ4n) is 1.72. The van der Waals surface area contributed by atoms with Crippen LogP contribution in [0.2, 0.25) is 0 Å². The van der Waals surface area contributed by atoms with Gasteiger partial charge in [0.15, 0.2) is 0 Å². The van der Waals surface area contributed by atoms with Crippen molar-refractivity contribution in [3.63, 3.8) is 0 Å². The molecule has 1 fully saturated rings. The summed E-state index contributed by atoms with van der Waals surface area (Å²) in [6.07, 6.45) is 1.17. The fourth-order valence-corrected chi connectivity index (χ4v) is 1.72. The van der Waals surface area contributed by atoms with Crippen molar-refractivity contribution >= 4 is 5.91 Å². The quantitative estimate of drug-likeness (QED) is 0.800. The second-order valence-electron chi connectivity index (χ2n) is 3.99. The number of amides is 1. The molecule has 3 nitrogen and oxygen atoms in total. The van der Waals surface area contributed by atoms with E-state index in [1.807, 2.05) is 37.4 Å². The van der Waals surface area contributed by atoms with Crippen molar-refractivity contribution in [1.82, 2.24) is 10.2 Å². The van der Waals surface area contributed by atoms with E-state index in [0.29, 0.717) is 6.04 Å². The van der Waals surface area contributed by atoms with E-state index >= 15 is 0 Å². The molecule has 0 radical (unpaired) electrons. The smallest absolute Gasteiger partial charge is 0.253 e. The first-order valence-corrected chi connectivity index (χ1v) is 5.31. The van der Waals surface area contributed by atoms with E-state index in [9.17, 15) is 4.79 Å². The highest BCUT2D eigenvalue weighted by Gasteiger charge is 2.20. The van der Waals surface area contributed by atoms with Crippen LogP contribution in [-0.2, 0) is 0 Å². The van der Waals surface area contributed by atoms with Gasteiger partial charge in [-0.2, -0.15) is 0 Å². The number of carbonyl (C=O) groups excluding carboxylic acids is 1. The molecular weight excluding hydrogens is 188 g/mol. The van der Waals surface area contributed by atoms with Crippen LogP contribution in [-0.4, -0.2) is 37.0 Å². The van der Waals surface area contributed by atoms with Crippen molar-refractivity contribution in [2.45, 2.75) is 12.5 Å². The van der Waals surface area contributed by atoms with Crippen molar-refractivity contribution in [3.8, 4) is 0 Å². The molecule has 1 heterocycles. The topological polar surface area (TPSA) is 32.3 Å². The Morgan fingerprint density at radius 2 is 2.13 bits per heavy atom. The molecule has 0 aromatic heterocycles. The molecule has 1 N–H and O–H groups in total. The highest BCUT2D eigenvalue weighted by atomic mass is 16.2. The average Bonchev–Trinajstić information content (AvgIpc) is 2.23. The molecule has 0 saturated carbocycles. The van der Waals surface area contributed by atoms with E-state index in [4.69, 9.17) is 0 Å². The molecule has 1 aliphatic heterocycles. The van der Waals surface area contributed by atoms with Crippen molar-refractivity contribution < 1.29 is 4.79 Å². The fraction of sp³-hybridized carbons (Fsp3) is 0.417. The zero-order valence-corrected chi connectivity index (χ0v) is 8.94. The van der Waals surface area contributed by atoms with E-state index in [2.05, 4.69) is 5.32 Å². The van der Waals surface area contributed by atoms with Gasteiger partial charge in [-0.1, -0.05) is 18.2 Å². The number of rotatable bonds is 3. The zero-order chi connectivity index (χ0) is 10.7. The zero-order valence-electron chi connectivity index (χ0n) is 8.94. The highest BCUT2D eigenvalue weighted by molar-refractivity contribution is 5.94. The SMILES string of the molecule is CN(CC1CCN1)C(=O)c1ccccc1. The third kappa shape index (κ3) is 2.36. The van der Waals surface area contributed by atoms with Gasteiger partial charge in [-0.3, -0.25) is 4.79 Å². The molecule has 1 aromatic carbocycles. The Hall–Kier alpha value is -1.35. The van der Waals surface area contributed by atoms with Crippen LogP contribution in [0.1, 0.15) is 16.8 Å². The van der Waals surface area contributed by atoms with Gasteiger partial charge in [0.25, 0.3) is 5.91 Å². The van der Waals surface area contributed by atoms with Crippen LogP contribution < -0.4 is 5.32 Å². The molecule has 1 aliphatic rings. The summed E-state index contributed by atoms with van der Waals surface area (Å²) in [7, 11) is 1.86. The molecule has 80 valence electrons. The summed E-state index contributed by atoms with van der Waals surface area (Å²) >= 11 is 0. The number of hydrogen-bond acceptors (Lipinski definition) is 2. The van der Waals surface area contributed by atoms with Crippen LogP contribution >= 0.6 is 0 Å². The van der Waals surface area contributed by atoms with Gasteiger partial charge in [0.2, 0.25) is 0 Å². The van der Waals surface area contributed by atoms with E-state index in [1.54, 1.807) is 4.90 Å². The molecule has 1 saturated heterocycles. The summed E-state index contributed by atoms with van der Waals surface area (Å²) in [6.45, 7) is 1.88. The predicted molar refractivity (Wildman–Crippen MR) is 59.8 cm³/mol. The standard InChI is InChI=1S/C12H16N2O/c1-14(9-11-7-8-13-11)12(15)10-5-3-2-4-6-10/h2-6,11,13H,7-9H2,1H3. The molecule has 1 unspecified atom stereocenters. The van der Waals surface area contributed by atoms with Crippen LogP contribution in [0.3, 0.4) is 0 Å². The monoisotopic (exact) mass is 204 g/mol. The first-order valence-electron chi connectivity index (χ1n) is 5.31. The Morgan fingerprint density at radius 1 is 1.47 bits per heavy atom. The number of hydrogen-bond donors (Lipinski definition) is 1. The van der Waals surface area contributed by atoms with Crippen LogP contribution in [0.5, 0.6) is 0 Å². The van der Waals surface area contributed by atoms with Crippen LogP contribution in [0.25, 0.3) is 0 Å². The minimum absolute atomic E-state index is 0.101. The number of nitrogens with one attached hydrogen (secondary N) is 1. The van der Waals surface area contributed by atoms with Gasteiger partial charge >= 0.3 is 0 Å². The van der Waals surface area contributed by atoms with Crippen molar-refractivity contribution in [2.75, 3.05) is 20.1 Å². The summed E-state index contributed by atoms with van der Waals surface area (Å²) in [6, 6.07) is 9.90. The summed E-state index contributed by atoms with van der Waals surface area (Å²) in [5, 5.41) is 3.29. The lowest BCUT2D eigenvalue weighted by Crippen LogP contribution is -2.50. The summed E-state index contributed by atoms with van der Waals surface area (Å²) in [5.74, 6) is 0.101. The Kier molecular flexibility index (Phi) is 3.02. The lowest BCUT2D eigenvalue weighted by atomic mass is 10.1. The minimum atomic E-state index is 0.101. The largest absolute Gasteiger partial charge is 0.340 e. The van der Waals surface area contributed by atoms with E-state index < -0.39 is 0 Å². The maximum absolute atomic E-state index is 11.9. The van der Waals surface area contributed by atoms with Crippen molar-refractivity contribution in [3.05, 3.63) is 35.9 Å². The van der Waals surface area contributed by atoms with Crippen LogP contribution in [0.4, 0.5) is 0 Å². The number of likely N-dealkylation sites (N-methyl/N-ethyl adjacent to an activating group) is 1. The third-order valence-electron chi connectivity index (χ3n) is 2.79. The normalized spacial score (nSPS) is 19.4. The average molecular weight is 204 g/mol. The third-order valence-corrected chi connectivity index (χ3v) is 2.79.